The molecule has 1 unspecified atom stereocenters. The molecule has 1 aromatic rings. The van der Waals surface area contributed by atoms with Gasteiger partial charge in [0.1, 0.15) is 0 Å². The Hall–Kier alpha value is -1.13. The van der Waals surface area contributed by atoms with Crippen LogP contribution in [0.5, 0.6) is 0 Å². The van der Waals surface area contributed by atoms with Gasteiger partial charge >= 0.3 is 0 Å². The zero-order valence-electron chi connectivity index (χ0n) is 8.17. The molecule has 0 aromatic heterocycles. The second-order valence-electron chi connectivity index (χ2n) is 3.29. The molecule has 0 nitrogen and oxygen atoms in total. The number of rotatable bonds is 2. The molecular weight excluding hydrogens is 215 g/mol. The molecule has 0 saturated carbocycles. The third-order valence-electron chi connectivity index (χ3n) is 2.35. The Morgan fingerprint density at radius 2 is 1.13 bits per heavy atom. The third-order valence-corrected chi connectivity index (χ3v) is 2.35. The number of hydrogen-bond acceptors (Lipinski definition) is 0. The Morgan fingerprint density at radius 1 is 0.800 bits per heavy atom. The fraction of sp³-hybridized carbons (Fsp3) is 0.400. The van der Waals surface area contributed by atoms with Crippen molar-refractivity contribution >= 4 is 0 Å². The average Bonchev–Trinajstić information content (AvgIpc) is 2.23. The number of hydrogen-bond donors (Lipinski definition) is 0. The molecule has 0 heterocycles. The van der Waals surface area contributed by atoms with E-state index in [1.165, 1.54) is 6.92 Å². The summed E-state index contributed by atoms with van der Waals surface area (Å²) in [6, 6.07) is 0. The summed E-state index contributed by atoms with van der Waals surface area (Å²) in [6.07, 6.45) is 0.290. The molecule has 0 aliphatic carbocycles. The minimum atomic E-state index is -2.11. The van der Waals surface area contributed by atoms with E-state index in [1.54, 1.807) is 6.92 Å². The summed E-state index contributed by atoms with van der Waals surface area (Å²) in [5.41, 5.74) is -0.742. The van der Waals surface area contributed by atoms with Crippen molar-refractivity contribution in [3.8, 4) is 0 Å². The average molecular weight is 224 g/mol. The maximum absolute atomic E-state index is 13.1. The van der Waals surface area contributed by atoms with Crippen LogP contribution in [0.2, 0.25) is 0 Å². The van der Waals surface area contributed by atoms with Crippen molar-refractivity contribution < 1.29 is 22.0 Å². The van der Waals surface area contributed by atoms with Crippen molar-refractivity contribution in [3.05, 3.63) is 34.6 Å². The van der Waals surface area contributed by atoms with Crippen LogP contribution in [0.4, 0.5) is 22.0 Å². The number of benzene rings is 1. The largest absolute Gasteiger partial charge is 0.203 e. The molecule has 1 rings (SSSR count). The van der Waals surface area contributed by atoms with Gasteiger partial charge in [0.2, 0.25) is 5.82 Å². The minimum absolute atomic E-state index is 0.290. The molecule has 15 heavy (non-hydrogen) atoms. The zero-order valence-corrected chi connectivity index (χ0v) is 8.17. The van der Waals surface area contributed by atoms with Gasteiger partial charge in [-0.05, 0) is 12.3 Å². The monoisotopic (exact) mass is 224 g/mol. The highest BCUT2D eigenvalue weighted by Crippen LogP contribution is 2.29. The van der Waals surface area contributed by atoms with E-state index in [0.717, 1.165) is 0 Å². The van der Waals surface area contributed by atoms with Gasteiger partial charge in [0.25, 0.3) is 0 Å². The molecule has 5 heteroatoms. The van der Waals surface area contributed by atoms with Crippen LogP contribution in [-0.4, -0.2) is 0 Å². The minimum Gasteiger partial charge on any atom is -0.203 e. The Bertz CT molecular complexity index is 357. The van der Waals surface area contributed by atoms with Crippen molar-refractivity contribution in [2.24, 2.45) is 0 Å². The van der Waals surface area contributed by atoms with Crippen LogP contribution in [0.3, 0.4) is 0 Å². The standard InChI is InChI=1S/C10H9F5/c1-3-4(2)5-6(11)8(13)10(15)9(14)7(5)12/h4H,3H2,1-2H3. The lowest BCUT2D eigenvalue weighted by atomic mass is 9.97. The first kappa shape index (κ1) is 11.9. The predicted octanol–water partition coefficient (Wildman–Crippen LogP) is 3.90. The summed E-state index contributed by atoms with van der Waals surface area (Å²) in [7, 11) is 0. The predicted molar refractivity (Wildman–Crippen MR) is 44.9 cm³/mol. The molecule has 0 aliphatic rings. The molecular formula is C10H9F5. The second kappa shape index (κ2) is 4.16. The Morgan fingerprint density at radius 3 is 1.47 bits per heavy atom. The summed E-state index contributed by atoms with van der Waals surface area (Å²) in [6.45, 7) is 3.00. The lowest BCUT2D eigenvalue weighted by molar-refractivity contribution is 0.364. The molecule has 0 saturated heterocycles. The van der Waals surface area contributed by atoms with Crippen LogP contribution in [0.1, 0.15) is 31.7 Å². The summed E-state index contributed by atoms with van der Waals surface area (Å²) >= 11 is 0. The quantitative estimate of drug-likeness (QED) is 0.406. The van der Waals surface area contributed by atoms with Crippen LogP contribution < -0.4 is 0 Å². The van der Waals surface area contributed by atoms with Gasteiger partial charge < -0.3 is 0 Å². The van der Waals surface area contributed by atoms with Crippen LogP contribution in [-0.2, 0) is 0 Å². The molecule has 0 radical (unpaired) electrons. The normalized spacial score (nSPS) is 13.0. The van der Waals surface area contributed by atoms with Crippen molar-refractivity contribution in [1.82, 2.24) is 0 Å². The van der Waals surface area contributed by atoms with Crippen LogP contribution in [0.15, 0.2) is 0 Å². The van der Waals surface area contributed by atoms with Crippen molar-refractivity contribution in [2.45, 2.75) is 26.2 Å². The van der Waals surface area contributed by atoms with E-state index in [1.807, 2.05) is 0 Å². The molecule has 84 valence electrons. The fourth-order valence-corrected chi connectivity index (χ4v) is 1.26. The van der Waals surface area contributed by atoms with Gasteiger partial charge in [-0.15, -0.1) is 0 Å². The van der Waals surface area contributed by atoms with Gasteiger partial charge in [-0.3, -0.25) is 0 Å². The van der Waals surface area contributed by atoms with Gasteiger partial charge in [-0.1, -0.05) is 13.8 Å². The molecule has 1 aromatic carbocycles. The Labute approximate surface area is 83.7 Å². The van der Waals surface area contributed by atoms with Gasteiger partial charge in [0.05, 0.1) is 0 Å². The van der Waals surface area contributed by atoms with E-state index in [0.29, 0.717) is 6.42 Å². The molecule has 1 atom stereocenters. The van der Waals surface area contributed by atoms with Gasteiger partial charge in [0.15, 0.2) is 23.3 Å². The summed E-state index contributed by atoms with van der Waals surface area (Å²) in [5, 5.41) is 0. The van der Waals surface area contributed by atoms with Crippen LogP contribution in [0.25, 0.3) is 0 Å². The van der Waals surface area contributed by atoms with Gasteiger partial charge in [-0.2, -0.15) is 0 Å². The highest BCUT2D eigenvalue weighted by Gasteiger charge is 2.27. The smallest absolute Gasteiger partial charge is 0.200 e. The lowest BCUT2D eigenvalue weighted by Crippen LogP contribution is -2.09. The molecule has 0 aliphatic heterocycles. The molecule has 0 amide bonds. The van der Waals surface area contributed by atoms with Crippen molar-refractivity contribution in [2.75, 3.05) is 0 Å². The highest BCUT2D eigenvalue weighted by atomic mass is 19.2. The lowest BCUT2D eigenvalue weighted by Gasteiger charge is -2.12. The van der Waals surface area contributed by atoms with Crippen LogP contribution >= 0.6 is 0 Å². The molecule has 0 spiro atoms. The number of halogens is 5. The summed E-state index contributed by atoms with van der Waals surface area (Å²) in [4.78, 5) is 0. The van der Waals surface area contributed by atoms with E-state index in [9.17, 15) is 22.0 Å². The SMILES string of the molecule is CCC(C)c1c(F)c(F)c(F)c(F)c1F. The Balaban J connectivity index is 3.52. The highest BCUT2D eigenvalue weighted by molar-refractivity contribution is 5.26. The second-order valence-corrected chi connectivity index (χ2v) is 3.29. The maximum atomic E-state index is 13.1. The first-order valence-electron chi connectivity index (χ1n) is 4.43. The fourth-order valence-electron chi connectivity index (χ4n) is 1.26. The van der Waals surface area contributed by atoms with Crippen LogP contribution in [0, 0.1) is 29.1 Å². The summed E-state index contributed by atoms with van der Waals surface area (Å²) < 4.78 is 64.4. The van der Waals surface area contributed by atoms with Gasteiger partial charge in [-0.25, -0.2) is 22.0 Å². The van der Waals surface area contributed by atoms with Crippen molar-refractivity contribution in [3.63, 3.8) is 0 Å². The third kappa shape index (κ3) is 1.82. The van der Waals surface area contributed by atoms with E-state index < -0.39 is 40.6 Å². The molecule has 0 bridgehead atoms. The van der Waals surface area contributed by atoms with E-state index in [4.69, 9.17) is 0 Å². The zero-order chi connectivity index (χ0) is 11.7. The van der Waals surface area contributed by atoms with Crippen molar-refractivity contribution in [1.29, 1.82) is 0 Å². The topological polar surface area (TPSA) is 0 Å². The molecule has 0 N–H and O–H groups in total. The van der Waals surface area contributed by atoms with E-state index in [-0.39, 0.29) is 0 Å². The molecule has 0 fully saturated rings. The van der Waals surface area contributed by atoms with E-state index in [2.05, 4.69) is 0 Å². The maximum Gasteiger partial charge on any atom is 0.200 e. The van der Waals surface area contributed by atoms with Gasteiger partial charge in [0, 0.05) is 5.56 Å². The van der Waals surface area contributed by atoms with E-state index >= 15 is 0 Å². The summed E-state index contributed by atoms with van der Waals surface area (Å²) in [5.74, 6) is -10.1. The first-order valence-corrected chi connectivity index (χ1v) is 4.43. The first-order chi connectivity index (χ1) is 6.91. The Kier molecular flexibility index (Phi) is 3.31.